The van der Waals surface area contributed by atoms with Crippen LogP contribution in [-0.2, 0) is 0 Å². The minimum atomic E-state index is 0.481. The summed E-state index contributed by atoms with van der Waals surface area (Å²) in [6.45, 7) is 0. The molecule has 1 saturated carbocycles. The van der Waals surface area contributed by atoms with Gasteiger partial charge in [-0.2, -0.15) is 0 Å². The summed E-state index contributed by atoms with van der Waals surface area (Å²) in [6, 6.07) is 0. The molecule has 0 atom stereocenters. The number of rotatable bonds is 2. The first-order valence-corrected chi connectivity index (χ1v) is 4.62. The van der Waals surface area contributed by atoms with E-state index in [1.54, 1.807) is 0 Å². The van der Waals surface area contributed by atoms with Crippen LogP contribution >= 0.6 is 22.9 Å². The van der Waals surface area contributed by atoms with E-state index >= 15 is 0 Å². The molecule has 0 spiro atoms. The molecule has 0 radical (unpaired) electrons. The maximum atomic E-state index is 10.5. The van der Waals surface area contributed by atoms with Crippen molar-refractivity contribution in [3.8, 4) is 0 Å². The maximum Gasteiger partial charge on any atom is 0.184 e. The van der Waals surface area contributed by atoms with E-state index in [0.717, 1.165) is 11.2 Å². The molecule has 1 heterocycles. The molecule has 1 fully saturated rings. The lowest BCUT2D eigenvalue weighted by molar-refractivity contribution is 0.111. The maximum absolute atomic E-state index is 10.5. The lowest BCUT2D eigenvalue weighted by Gasteiger charge is -1.87. The van der Waals surface area contributed by atoms with Crippen molar-refractivity contribution in [1.82, 2.24) is 4.98 Å². The van der Waals surface area contributed by atoms with Crippen LogP contribution in [0.4, 0.5) is 0 Å². The number of aromatic nitrogens is 1. The summed E-state index contributed by atoms with van der Waals surface area (Å²) < 4.78 is 0.481. The summed E-state index contributed by atoms with van der Waals surface area (Å²) in [5.41, 5.74) is 0.544. The number of carbonyl (C=O) groups is 1. The monoisotopic (exact) mass is 187 g/mol. The van der Waals surface area contributed by atoms with Crippen molar-refractivity contribution < 1.29 is 4.79 Å². The summed E-state index contributed by atoms with van der Waals surface area (Å²) in [4.78, 5) is 15.4. The molecule has 0 bridgehead atoms. The number of nitrogens with zero attached hydrogens (tertiary/aromatic N) is 1. The Hall–Kier alpha value is -0.410. The van der Waals surface area contributed by atoms with Crippen molar-refractivity contribution in [3.05, 3.63) is 15.0 Å². The van der Waals surface area contributed by atoms with Crippen LogP contribution in [0.3, 0.4) is 0 Å². The zero-order chi connectivity index (χ0) is 7.84. The van der Waals surface area contributed by atoms with Gasteiger partial charge in [-0.15, -0.1) is 11.3 Å². The van der Waals surface area contributed by atoms with Gasteiger partial charge in [0.1, 0.15) is 5.69 Å². The molecule has 1 aromatic heterocycles. The lowest BCUT2D eigenvalue weighted by atomic mass is 10.3. The van der Waals surface area contributed by atoms with Crippen LogP contribution in [0.1, 0.15) is 34.1 Å². The number of thiazole rings is 1. The molecule has 4 heteroatoms. The Balaban J connectivity index is 2.41. The van der Waals surface area contributed by atoms with Crippen molar-refractivity contribution in [2.45, 2.75) is 18.8 Å². The van der Waals surface area contributed by atoms with Gasteiger partial charge < -0.3 is 0 Å². The van der Waals surface area contributed by atoms with Crippen LogP contribution in [0.5, 0.6) is 0 Å². The van der Waals surface area contributed by atoms with E-state index in [1.165, 1.54) is 24.2 Å². The number of carbonyl (C=O) groups excluding carboxylic acids is 1. The van der Waals surface area contributed by atoms with Crippen LogP contribution in [0, 0.1) is 0 Å². The van der Waals surface area contributed by atoms with Gasteiger partial charge in [0.15, 0.2) is 10.8 Å². The SMILES string of the molecule is O=Cc1nc(Cl)sc1C1CC1. The molecule has 2 nitrogen and oxygen atoms in total. The van der Waals surface area contributed by atoms with E-state index in [9.17, 15) is 4.79 Å². The Kier molecular flexibility index (Phi) is 1.69. The van der Waals surface area contributed by atoms with E-state index < -0.39 is 0 Å². The predicted molar refractivity (Wildman–Crippen MR) is 44.5 cm³/mol. The Labute approximate surface area is 73.2 Å². The normalized spacial score (nSPS) is 16.8. The fourth-order valence-electron chi connectivity index (χ4n) is 1.04. The molecular formula is C7H6ClNOS. The molecule has 1 aliphatic rings. The number of halogens is 1. The van der Waals surface area contributed by atoms with Gasteiger partial charge in [0.25, 0.3) is 0 Å². The standard InChI is InChI=1S/C7H6ClNOS/c8-7-9-5(3-10)6(11-7)4-1-2-4/h3-4H,1-2H2. The molecule has 0 aromatic carbocycles. The molecule has 1 aromatic rings. The third kappa shape index (κ3) is 1.30. The first kappa shape index (κ1) is 7.25. The van der Waals surface area contributed by atoms with Crippen LogP contribution in [0.25, 0.3) is 0 Å². The first-order chi connectivity index (χ1) is 5.31. The van der Waals surface area contributed by atoms with Gasteiger partial charge in [-0.1, -0.05) is 11.6 Å². The highest BCUT2D eigenvalue weighted by Gasteiger charge is 2.28. The van der Waals surface area contributed by atoms with Crippen molar-refractivity contribution in [2.24, 2.45) is 0 Å². The van der Waals surface area contributed by atoms with E-state index in [1.807, 2.05) is 0 Å². The second-order valence-electron chi connectivity index (χ2n) is 2.61. The number of hydrogen-bond donors (Lipinski definition) is 0. The van der Waals surface area contributed by atoms with Crippen molar-refractivity contribution in [3.63, 3.8) is 0 Å². The lowest BCUT2D eigenvalue weighted by Crippen LogP contribution is -1.84. The zero-order valence-electron chi connectivity index (χ0n) is 5.71. The highest BCUT2D eigenvalue weighted by atomic mass is 35.5. The molecule has 58 valence electrons. The highest BCUT2D eigenvalue weighted by Crippen LogP contribution is 2.44. The minimum Gasteiger partial charge on any atom is -0.296 e. The van der Waals surface area contributed by atoms with Gasteiger partial charge in [-0.25, -0.2) is 4.98 Å². The minimum absolute atomic E-state index is 0.481. The quantitative estimate of drug-likeness (QED) is 0.666. The van der Waals surface area contributed by atoms with Gasteiger partial charge in [0.2, 0.25) is 0 Å². The van der Waals surface area contributed by atoms with Gasteiger partial charge >= 0.3 is 0 Å². The fourth-order valence-corrected chi connectivity index (χ4v) is 2.30. The summed E-state index contributed by atoms with van der Waals surface area (Å²) in [5.74, 6) is 0.570. The topological polar surface area (TPSA) is 30.0 Å². The highest BCUT2D eigenvalue weighted by molar-refractivity contribution is 7.16. The number of aldehydes is 1. The number of hydrogen-bond acceptors (Lipinski definition) is 3. The Bertz CT molecular complexity index is 293. The van der Waals surface area contributed by atoms with Crippen LogP contribution < -0.4 is 0 Å². The fraction of sp³-hybridized carbons (Fsp3) is 0.429. The Morgan fingerprint density at radius 2 is 2.36 bits per heavy atom. The van der Waals surface area contributed by atoms with Gasteiger partial charge in [0, 0.05) is 4.88 Å². The van der Waals surface area contributed by atoms with Gasteiger partial charge in [0.05, 0.1) is 0 Å². The van der Waals surface area contributed by atoms with Gasteiger partial charge in [-0.3, -0.25) is 4.79 Å². The average molecular weight is 188 g/mol. The summed E-state index contributed by atoms with van der Waals surface area (Å²) in [6.07, 6.45) is 3.15. The molecule has 0 saturated heterocycles. The molecule has 0 unspecified atom stereocenters. The third-order valence-corrected chi connectivity index (χ3v) is 3.05. The Morgan fingerprint density at radius 1 is 1.64 bits per heavy atom. The van der Waals surface area contributed by atoms with Gasteiger partial charge in [-0.05, 0) is 18.8 Å². The van der Waals surface area contributed by atoms with Crippen LogP contribution in [-0.4, -0.2) is 11.3 Å². The summed E-state index contributed by atoms with van der Waals surface area (Å²) in [5, 5.41) is 0. The molecule has 11 heavy (non-hydrogen) atoms. The second kappa shape index (κ2) is 2.57. The Morgan fingerprint density at radius 3 is 2.91 bits per heavy atom. The van der Waals surface area contributed by atoms with E-state index in [-0.39, 0.29) is 0 Å². The zero-order valence-corrected chi connectivity index (χ0v) is 7.28. The molecule has 0 aliphatic heterocycles. The molecule has 1 aliphatic carbocycles. The summed E-state index contributed by atoms with van der Waals surface area (Å²) in [7, 11) is 0. The first-order valence-electron chi connectivity index (χ1n) is 3.42. The molecular weight excluding hydrogens is 182 g/mol. The van der Waals surface area contributed by atoms with Crippen molar-refractivity contribution in [1.29, 1.82) is 0 Å². The smallest absolute Gasteiger partial charge is 0.184 e. The molecule has 2 rings (SSSR count). The molecule has 0 N–H and O–H groups in total. The van der Waals surface area contributed by atoms with E-state index in [2.05, 4.69) is 4.98 Å². The largest absolute Gasteiger partial charge is 0.296 e. The average Bonchev–Trinajstić information content (AvgIpc) is 2.75. The van der Waals surface area contributed by atoms with Crippen LogP contribution in [0.2, 0.25) is 4.47 Å². The van der Waals surface area contributed by atoms with E-state index in [0.29, 0.717) is 16.1 Å². The van der Waals surface area contributed by atoms with Crippen molar-refractivity contribution >= 4 is 29.2 Å². The molecule has 0 amide bonds. The van der Waals surface area contributed by atoms with Crippen molar-refractivity contribution in [2.75, 3.05) is 0 Å². The summed E-state index contributed by atoms with van der Waals surface area (Å²) >= 11 is 7.10. The van der Waals surface area contributed by atoms with Crippen LogP contribution in [0.15, 0.2) is 0 Å². The van der Waals surface area contributed by atoms with E-state index in [4.69, 9.17) is 11.6 Å². The third-order valence-electron chi connectivity index (χ3n) is 1.71. The second-order valence-corrected chi connectivity index (χ2v) is 4.22. The predicted octanol–water partition coefficient (Wildman–Crippen LogP) is 2.49.